The molecule has 7 heterocycles. The summed E-state index contributed by atoms with van der Waals surface area (Å²) in [6, 6.07) is 3.26. The lowest BCUT2D eigenvalue weighted by Gasteiger charge is -2.35. The second-order valence-electron chi connectivity index (χ2n) is 11.9. The Balaban J connectivity index is 1.24. The first kappa shape index (κ1) is 26.5. The van der Waals surface area contributed by atoms with Crippen molar-refractivity contribution in [1.29, 1.82) is 0 Å². The zero-order valence-corrected chi connectivity index (χ0v) is 24.3. The molecule has 42 heavy (non-hydrogen) atoms. The summed E-state index contributed by atoms with van der Waals surface area (Å²) in [5, 5.41) is 3.74. The number of aromatic nitrogens is 3. The molecule has 8 rings (SSSR count). The van der Waals surface area contributed by atoms with Crippen LogP contribution in [0.5, 0.6) is 6.01 Å². The van der Waals surface area contributed by atoms with Gasteiger partial charge in [-0.3, -0.25) is 9.62 Å². The van der Waals surface area contributed by atoms with E-state index in [-0.39, 0.29) is 62.2 Å². The molecule has 0 saturated carbocycles. The molecular formula is C27H30F2N8O3S2. The molecule has 222 valence electrons. The number of nitrogens with one attached hydrogen (secondary N) is 2. The Labute approximate surface area is 245 Å². The smallest absolute Gasteiger partial charge is 0.319 e. The number of halogens is 2. The van der Waals surface area contributed by atoms with Crippen LogP contribution in [0.25, 0.3) is 22.0 Å². The minimum absolute atomic E-state index is 0.0265. The van der Waals surface area contributed by atoms with E-state index in [0.29, 0.717) is 31.6 Å². The zero-order chi connectivity index (χ0) is 28.8. The van der Waals surface area contributed by atoms with Gasteiger partial charge < -0.3 is 20.7 Å². The number of hydrogen-bond donors (Lipinski definition) is 3. The molecular weight excluding hydrogens is 586 g/mol. The van der Waals surface area contributed by atoms with Crippen LogP contribution in [-0.4, -0.2) is 84.8 Å². The number of ether oxygens (including phenoxy) is 1. The lowest BCUT2D eigenvalue weighted by Crippen LogP contribution is -2.52. The van der Waals surface area contributed by atoms with Crippen LogP contribution in [0.4, 0.5) is 19.7 Å². The highest BCUT2D eigenvalue weighted by atomic mass is 32.2. The molecule has 2 unspecified atom stereocenters. The van der Waals surface area contributed by atoms with Crippen molar-refractivity contribution in [3.63, 3.8) is 0 Å². The number of fused-ring (bicyclic) bond motifs is 5. The van der Waals surface area contributed by atoms with Crippen molar-refractivity contribution in [3.05, 3.63) is 29.2 Å². The average Bonchev–Trinajstić information content (AvgIpc) is 3.68. The van der Waals surface area contributed by atoms with Gasteiger partial charge in [0.2, 0.25) is 0 Å². The van der Waals surface area contributed by atoms with Gasteiger partial charge in [0.1, 0.15) is 18.6 Å². The highest BCUT2D eigenvalue weighted by Gasteiger charge is 2.49. The van der Waals surface area contributed by atoms with Crippen LogP contribution in [0.3, 0.4) is 0 Å². The van der Waals surface area contributed by atoms with Crippen molar-refractivity contribution in [2.24, 2.45) is 0 Å². The van der Waals surface area contributed by atoms with Crippen molar-refractivity contribution in [2.45, 2.75) is 60.8 Å². The Morgan fingerprint density at radius 2 is 1.98 bits per heavy atom. The van der Waals surface area contributed by atoms with E-state index in [0.717, 1.165) is 43.6 Å². The van der Waals surface area contributed by atoms with Crippen LogP contribution in [0.1, 0.15) is 43.4 Å². The fourth-order valence-electron chi connectivity index (χ4n) is 7.39. The van der Waals surface area contributed by atoms with E-state index in [1.807, 2.05) is 4.90 Å². The van der Waals surface area contributed by atoms with Crippen molar-refractivity contribution >= 4 is 54.3 Å². The van der Waals surface area contributed by atoms with Crippen LogP contribution < -0.4 is 25.4 Å². The number of thiazole rings is 1. The Hall–Kier alpha value is -3.14. The molecule has 15 heteroatoms. The molecule has 0 radical (unpaired) electrons. The van der Waals surface area contributed by atoms with Gasteiger partial charge in [0.25, 0.3) is 10.0 Å². The van der Waals surface area contributed by atoms with Gasteiger partial charge in [0.15, 0.2) is 15.8 Å². The summed E-state index contributed by atoms with van der Waals surface area (Å²) >= 11 is 0.996. The quantitative estimate of drug-likeness (QED) is 0.392. The van der Waals surface area contributed by atoms with E-state index in [2.05, 4.69) is 29.9 Å². The summed E-state index contributed by atoms with van der Waals surface area (Å²) < 4.78 is 65.8. The van der Waals surface area contributed by atoms with E-state index < -0.39 is 27.6 Å². The van der Waals surface area contributed by atoms with Crippen molar-refractivity contribution < 1.29 is 21.9 Å². The van der Waals surface area contributed by atoms with Crippen molar-refractivity contribution in [1.82, 2.24) is 29.9 Å². The minimum atomic E-state index is -4.14. The van der Waals surface area contributed by atoms with Crippen LogP contribution in [0.2, 0.25) is 0 Å². The highest BCUT2D eigenvalue weighted by molar-refractivity contribution is 7.90. The van der Waals surface area contributed by atoms with Gasteiger partial charge in [-0.2, -0.15) is 9.97 Å². The van der Waals surface area contributed by atoms with Crippen LogP contribution in [0.15, 0.2) is 17.0 Å². The molecule has 0 spiro atoms. The first-order valence-corrected chi connectivity index (χ1v) is 16.5. The molecule has 4 atom stereocenters. The molecule has 11 nitrogen and oxygen atoms in total. The second-order valence-corrected chi connectivity index (χ2v) is 14.6. The summed E-state index contributed by atoms with van der Waals surface area (Å²) in [5.74, 6) is -0.201. The molecule has 4 N–H and O–H groups in total. The normalized spacial score (nSPS) is 29.8. The number of hydrogen-bond acceptors (Lipinski definition) is 11. The number of sulfonamides is 1. The van der Waals surface area contributed by atoms with Crippen LogP contribution in [-0.2, 0) is 10.0 Å². The van der Waals surface area contributed by atoms with Crippen LogP contribution >= 0.6 is 11.3 Å². The first-order valence-electron chi connectivity index (χ1n) is 14.2. The van der Waals surface area contributed by atoms with Crippen molar-refractivity contribution in [2.75, 3.05) is 43.4 Å². The first-order chi connectivity index (χ1) is 20.2. The summed E-state index contributed by atoms with van der Waals surface area (Å²) in [6.45, 7) is 2.64. The van der Waals surface area contributed by atoms with Gasteiger partial charge >= 0.3 is 6.01 Å². The summed E-state index contributed by atoms with van der Waals surface area (Å²) in [5.41, 5.74) is 6.49. The highest BCUT2D eigenvalue weighted by Crippen LogP contribution is 2.42. The Kier molecular flexibility index (Phi) is 5.95. The van der Waals surface area contributed by atoms with Gasteiger partial charge in [-0.15, -0.1) is 0 Å². The maximum absolute atomic E-state index is 14.5. The lowest BCUT2D eigenvalue weighted by atomic mass is 9.95. The largest absolute Gasteiger partial charge is 0.461 e. The molecule has 0 amide bonds. The Morgan fingerprint density at radius 3 is 2.79 bits per heavy atom. The van der Waals surface area contributed by atoms with Gasteiger partial charge in [-0.05, 0) is 50.4 Å². The predicted molar refractivity (Wildman–Crippen MR) is 155 cm³/mol. The predicted octanol–water partition coefficient (Wildman–Crippen LogP) is 2.49. The Bertz CT molecular complexity index is 1740. The number of benzene rings is 1. The number of rotatable bonds is 5. The SMILES string of the molecule is Nc1nc2c(C3=Cc4nc(OC[C@@]56CCCN5C[C@H](F)C6)nc(N5CC6CCC(C5)N6)c4S(=O)(=O)N3)ccc(F)c2s1. The lowest BCUT2D eigenvalue weighted by molar-refractivity contribution is 0.107. The number of piperazine rings is 1. The van der Waals surface area contributed by atoms with Crippen LogP contribution in [0, 0.1) is 5.82 Å². The molecule has 1 aromatic carbocycles. The summed E-state index contributed by atoms with van der Waals surface area (Å²) in [7, 11) is -4.14. The minimum Gasteiger partial charge on any atom is -0.461 e. The average molecular weight is 617 g/mol. The maximum atomic E-state index is 14.5. The third kappa shape index (κ3) is 4.23. The van der Waals surface area contributed by atoms with E-state index >= 15 is 0 Å². The molecule has 5 aliphatic heterocycles. The number of anilines is 2. The van der Waals surface area contributed by atoms with E-state index in [1.54, 1.807) is 6.08 Å². The molecule has 4 fully saturated rings. The molecule has 0 aliphatic carbocycles. The van der Waals surface area contributed by atoms with Crippen molar-refractivity contribution in [3.8, 4) is 6.01 Å². The molecule has 3 aromatic rings. The van der Waals surface area contributed by atoms with E-state index in [4.69, 9.17) is 10.5 Å². The van der Waals surface area contributed by atoms with Gasteiger partial charge in [-0.25, -0.2) is 22.2 Å². The molecule has 2 bridgehead atoms. The summed E-state index contributed by atoms with van der Waals surface area (Å²) in [6.07, 6.45) is 4.91. The molecule has 2 aromatic heterocycles. The van der Waals surface area contributed by atoms with Gasteiger partial charge in [0, 0.05) is 43.7 Å². The monoisotopic (exact) mass is 616 g/mol. The fraction of sp³-hybridized carbons (Fsp3) is 0.519. The Morgan fingerprint density at radius 1 is 1.17 bits per heavy atom. The zero-order valence-electron chi connectivity index (χ0n) is 22.6. The number of alkyl halides is 1. The number of nitrogen functional groups attached to an aromatic ring is 1. The second kappa shape index (κ2) is 9.43. The topological polar surface area (TPSA) is 139 Å². The number of nitrogens with two attached hydrogens (primary N) is 1. The van der Waals surface area contributed by atoms with E-state index in [1.165, 1.54) is 12.1 Å². The fourth-order valence-corrected chi connectivity index (χ4v) is 9.51. The third-order valence-electron chi connectivity index (χ3n) is 9.20. The van der Waals surface area contributed by atoms with Gasteiger partial charge in [0.05, 0.1) is 27.1 Å². The summed E-state index contributed by atoms with van der Waals surface area (Å²) in [4.78, 5) is 17.7. The van der Waals surface area contributed by atoms with Gasteiger partial charge in [-0.1, -0.05) is 11.3 Å². The number of nitrogens with zero attached hydrogens (tertiary/aromatic N) is 5. The molecule has 5 aliphatic rings. The molecule has 4 saturated heterocycles. The standard InChI is InChI=1S/C27H30F2N8O3S2/c28-14-9-27(6-1-7-37(27)10-14)13-40-26-32-20-8-19(17-4-5-18(29)22-21(17)33-25(30)41-22)35-42(38,39)23(20)24(34-26)36-11-15-2-3-16(12-36)31-15/h4-5,8,14-16,31,35H,1-3,6-7,9-13H2,(H2,30,33)/t14-,15?,16?,27+/m1/s1. The van der Waals surface area contributed by atoms with E-state index in [9.17, 15) is 17.2 Å². The maximum Gasteiger partial charge on any atom is 0.319 e. The third-order valence-corrected chi connectivity index (χ3v) is 11.5.